The van der Waals surface area contributed by atoms with Gasteiger partial charge in [-0.25, -0.2) is 0 Å². The zero-order valence-corrected chi connectivity index (χ0v) is 7.78. The molecule has 1 N–H and O–H groups in total. The van der Waals surface area contributed by atoms with E-state index in [9.17, 15) is 9.59 Å². The Labute approximate surface area is 76.7 Å². The van der Waals surface area contributed by atoms with Gasteiger partial charge in [-0.3, -0.25) is 9.59 Å². The molecule has 1 atom stereocenters. The van der Waals surface area contributed by atoms with E-state index in [0.29, 0.717) is 6.42 Å². The number of carbonyl (C=O) groups is 2. The fourth-order valence-electron chi connectivity index (χ4n) is 0.966. The van der Waals surface area contributed by atoms with Gasteiger partial charge in [0.05, 0.1) is 6.04 Å². The van der Waals surface area contributed by atoms with E-state index in [0.717, 1.165) is 6.21 Å². The molecule has 0 aliphatic heterocycles. The lowest BCUT2D eigenvalue weighted by Gasteiger charge is -2.09. The fourth-order valence-corrected chi connectivity index (χ4v) is 0.966. The van der Waals surface area contributed by atoms with Crippen molar-refractivity contribution >= 4 is 17.8 Å². The fraction of sp³-hybridized carbons (Fsp3) is 0.625. The topological polar surface area (TPSA) is 82.6 Å². The van der Waals surface area contributed by atoms with Gasteiger partial charge in [0, 0.05) is 6.42 Å². The molecule has 0 saturated heterocycles. The summed E-state index contributed by atoms with van der Waals surface area (Å²) in [5.74, 6) is -0.291. The Hall–Kier alpha value is -1.32. The summed E-state index contributed by atoms with van der Waals surface area (Å²) in [4.78, 5) is 24.3. The van der Waals surface area contributed by atoms with E-state index in [-0.39, 0.29) is 24.0 Å². The molecule has 0 fully saturated rings. The van der Waals surface area contributed by atoms with E-state index in [1.807, 2.05) is 0 Å². The number of rotatable bonds is 6. The van der Waals surface area contributed by atoms with E-state index in [4.69, 9.17) is 5.53 Å². The van der Waals surface area contributed by atoms with Gasteiger partial charge in [0.15, 0.2) is 0 Å². The van der Waals surface area contributed by atoms with Crippen molar-refractivity contribution in [1.82, 2.24) is 5.32 Å². The molecule has 0 bridgehead atoms. The van der Waals surface area contributed by atoms with Gasteiger partial charge >= 0.3 is 6.21 Å². The maximum absolute atomic E-state index is 10.9. The summed E-state index contributed by atoms with van der Waals surface area (Å²) in [6.07, 6.45) is 1.47. The van der Waals surface area contributed by atoms with Crippen LogP contribution in [-0.4, -0.2) is 35.7 Å². The van der Waals surface area contributed by atoms with Crippen LogP contribution in [0.5, 0.6) is 0 Å². The minimum Gasteiger partial charge on any atom is -0.361 e. The van der Waals surface area contributed by atoms with E-state index < -0.39 is 0 Å². The molecule has 0 radical (unpaired) electrons. The smallest absolute Gasteiger partial charge is 0.323 e. The first-order valence-corrected chi connectivity index (χ1v) is 3.99. The minimum atomic E-state index is -0.295. The van der Waals surface area contributed by atoms with Crippen molar-refractivity contribution in [1.29, 1.82) is 0 Å². The molecule has 0 aromatic carbocycles. The normalized spacial score (nSPS) is 11.5. The van der Waals surface area contributed by atoms with Gasteiger partial charge in [-0.05, 0) is 20.4 Å². The van der Waals surface area contributed by atoms with Crippen LogP contribution in [0.15, 0.2) is 0 Å². The largest absolute Gasteiger partial charge is 0.361 e. The first-order chi connectivity index (χ1) is 6.11. The van der Waals surface area contributed by atoms with E-state index in [1.54, 1.807) is 7.05 Å². The van der Waals surface area contributed by atoms with Crippen molar-refractivity contribution in [2.24, 2.45) is 0 Å². The van der Waals surface area contributed by atoms with Crippen LogP contribution in [0.4, 0.5) is 0 Å². The third-order valence-electron chi connectivity index (χ3n) is 1.72. The number of nitrogens with one attached hydrogen (secondary N) is 1. The van der Waals surface area contributed by atoms with Crippen LogP contribution in [0, 0.1) is 0 Å². The minimum absolute atomic E-state index is 0.00348. The van der Waals surface area contributed by atoms with Gasteiger partial charge in [-0.15, -0.1) is 0 Å². The Balaban J connectivity index is 3.92. The molecule has 0 amide bonds. The molecule has 5 nitrogen and oxygen atoms in total. The van der Waals surface area contributed by atoms with Crippen LogP contribution in [0.25, 0.3) is 5.53 Å². The Morgan fingerprint density at radius 1 is 1.62 bits per heavy atom. The number of hydrogen-bond acceptors (Lipinski definition) is 3. The second kappa shape index (κ2) is 6.22. The molecular formula is C8H13N3O2. The Morgan fingerprint density at radius 2 is 2.23 bits per heavy atom. The van der Waals surface area contributed by atoms with Gasteiger partial charge < -0.3 is 10.8 Å². The van der Waals surface area contributed by atoms with Crippen LogP contribution in [-0.2, 0) is 9.59 Å². The van der Waals surface area contributed by atoms with Crippen LogP contribution >= 0.6 is 0 Å². The lowest BCUT2D eigenvalue weighted by molar-refractivity contribution is -0.119. The summed E-state index contributed by atoms with van der Waals surface area (Å²) >= 11 is 0. The SMILES string of the molecule is CNC(CCC(=O)C=[N+]=[N-])C(C)=O. The molecule has 0 saturated carbocycles. The number of Topliss-reactive ketones (excluding diaryl/α,β-unsaturated/α-hetero) is 2. The van der Waals surface area contributed by atoms with Crippen molar-refractivity contribution in [2.45, 2.75) is 25.8 Å². The van der Waals surface area contributed by atoms with E-state index in [2.05, 4.69) is 10.1 Å². The highest BCUT2D eigenvalue weighted by Gasteiger charge is 2.13. The lowest BCUT2D eigenvalue weighted by Crippen LogP contribution is -2.32. The highest BCUT2D eigenvalue weighted by atomic mass is 16.1. The molecule has 13 heavy (non-hydrogen) atoms. The molecule has 0 heterocycles. The number of likely N-dealkylation sites (N-methyl/N-ethyl adjacent to an activating group) is 1. The highest BCUT2D eigenvalue weighted by Crippen LogP contribution is 1.97. The third-order valence-corrected chi connectivity index (χ3v) is 1.72. The molecule has 0 rings (SSSR count). The summed E-state index contributed by atoms with van der Waals surface area (Å²) in [5.41, 5.74) is 8.03. The Morgan fingerprint density at radius 3 is 2.62 bits per heavy atom. The van der Waals surface area contributed by atoms with Gasteiger partial charge in [-0.2, -0.15) is 4.79 Å². The molecule has 0 aromatic heterocycles. The molecule has 0 aromatic rings. The van der Waals surface area contributed by atoms with Crippen molar-refractivity contribution in [3.05, 3.63) is 5.53 Å². The number of carbonyl (C=O) groups excluding carboxylic acids is 2. The standard InChI is InChI=1S/C8H13N3O2/c1-6(12)8(10-2)4-3-7(13)5-11-9/h5,8,10H,3-4H2,1-2H3. The highest BCUT2D eigenvalue weighted by molar-refractivity contribution is 6.25. The number of ketones is 2. The molecule has 72 valence electrons. The van der Waals surface area contributed by atoms with Gasteiger partial charge in [0.25, 0.3) is 0 Å². The van der Waals surface area contributed by atoms with Crippen molar-refractivity contribution in [2.75, 3.05) is 7.05 Å². The second-order valence-corrected chi connectivity index (χ2v) is 2.70. The molecule has 0 spiro atoms. The Kier molecular flexibility index (Phi) is 5.59. The summed E-state index contributed by atoms with van der Waals surface area (Å²) in [6.45, 7) is 1.46. The molecule has 5 heteroatoms. The van der Waals surface area contributed by atoms with Gasteiger partial charge in [-0.1, -0.05) is 0 Å². The van der Waals surface area contributed by atoms with E-state index in [1.165, 1.54) is 6.92 Å². The predicted octanol–water partition coefficient (Wildman–Crippen LogP) is -0.187. The monoisotopic (exact) mass is 183 g/mol. The first kappa shape index (κ1) is 11.7. The maximum atomic E-state index is 10.9. The van der Waals surface area contributed by atoms with Crippen molar-refractivity contribution < 1.29 is 14.4 Å². The van der Waals surface area contributed by atoms with Crippen LogP contribution in [0.1, 0.15) is 19.8 Å². The van der Waals surface area contributed by atoms with Crippen LogP contribution in [0.2, 0.25) is 0 Å². The molecule has 0 aliphatic carbocycles. The summed E-state index contributed by atoms with van der Waals surface area (Å²) in [5, 5.41) is 2.79. The van der Waals surface area contributed by atoms with E-state index >= 15 is 0 Å². The van der Waals surface area contributed by atoms with Crippen LogP contribution < -0.4 is 5.32 Å². The summed E-state index contributed by atoms with van der Waals surface area (Å²) < 4.78 is 0. The zero-order chi connectivity index (χ0) is 10.3. The van der Waals surface area contributed by atoms with Crippen LogP contribution in [0.3, 0.4) is 0 Å². The first-order valence-electron chi connectivity index (χ1n) is 3.99. The van der Waals surface area contributed by atoms with Gasteiger partial charge in [0.1, 0.15) is 5.78 Å². The lowest BCUT2D eigenvalue weighted by atomic mass is 10.1. The predicted molar refractivity (Wildman–Crippen MR) is 47.5 cm³/mol. The quantitative estimate of drug-likeness (QED) is 0.352. The molecular weight excluding hydrogens is 170 g/mol. The van der Waals surface area contributed by atoms with Crippen molar-refractivity contribution in [3.63, 3.8) is 0 Å². The maximum Gasteiger partial charge on any atom is 0.323 e. The Bertz CT molecular complexity index is 244. The second-order valence-electron chi connectivity index (χ2n) is 2.70. The zero-order valence-electron chi connectivity index (χ0n) is 7.78. The summed E-state index contributed by atoms with van der Waals surface area (Å²) in [7, 11) is 1.66. The molecule has 1 unspecified atom stereocenters. The average Bonchev–Trinajstić information content (AvgIpc) is 2.05. The van der Waals surface area contributed by atoms with Gasteiger partial charge in [0.2, 0.25) is 5.78 Å². The number of hydrogen-bond donors (Lipinski definition) is 1. The molecule has 0 aliphatic rings. The third kappa shape index (κ3) is 5.00. The number of nitrogens with zero attached hydrogens (tertiary/aromatic N) is 2. The average molecular weight is 183 g/mol. The van der Waals surface area contributed by atoms with Crippen molar-refractivity contribution in [3.8, 4) is 0 Å². The summed E-state index contributed by atoms with van der Waals surface area (Å²) in [6, 6.07) is -0.295.